The number of hydrogen-bond donors (Lipinski definition) is 1. The van der Waals surface area contributed by atoms with Gasteiger partial charge in [0.05, 0.1) is 12.7 Å². The van der Waals surface area contributed by atoms with Crippen molar-refractivity contribution < 1.29 is 9.84 Å². The summed E-state index contributed by atoms with van der Waals surface area (Å²) in [6.45, 7) is 0.555. The van der Waals surface area contributed by atoms with Crippen molar-refractivity contribution in [1.29, 1.82) is 0 Å². The van der Waals surface area contributed by atoms with Crippen molar-refractivity contribution in [3.63, 3.8) is 0 Å². The highest BCUT2D eigenvalue weighted by Crippen LogP contribution is 2.38. The first-order valence-electron chi connectivity index (χ1n) is 6.38. The number of aliphatic hydroxyl groups is 1. The second-order valence-corrected chi connectivity index (χ2v) is 5.80. The van der Waals surface area contributed by atoms with E-state index < -0.39 is 6.10 Å². The largest absolute Gasteiger partial charge is 0.493 e. The van der Waals surface area contributed by atoms with Crippen LogP contribution in [-0.2, 0) is 6.42 Å². The standard InChI is InChI=1S/C16H15BrO2/c17-13-6-7-14-15(9-13)19-10-12(16(14)18)8-11-4-2-1-3-5-11/h1-7,9,12,16,18H,8,10H2/t12-,16?/m0/s1. The number of hydrogen-bond acceptors (Lipinski definition) is 2. The molecule has 0 amide bonds. The molecular weight excluding hydrogens is 304 g/mol. The Bertz CT molecular complexity index is 568. The Hall–Kier alpha value is -1.32. The normalized spacial score (nSPS) is 21.6. The fourth-order valence-electron chi connectivity index (χ4n) is 2.51. The van der Waals surface area contributed by atoms with Gasteiger partial charge in [0.2, 0.25) is 0 Å². The van der Waals surface area contributed by atoms with Crippen LogP contribution in [0.15, 0.2) is 53.0 Å². The van der Waals surface area contributed by atoms with Crippen LogP contribution in [-0.4, -0.2) is 11.7 Å². The van der Waals surface area contributed by atoms with Gasteiger partial charge in [-0.2, -0.15) is 0 Å². The van der Waals surface area contributed by atoms with Gasteiger partial charge >= 0.3 is 0 Å². The maximum absolute atomic E-state index is 10.5. The molecule has 98 valence electrons. The van der Waals surface area contributed by atoms with Gasteiger partial charge in [0.15, 0.2) is 0 Å². The molecule has 2 nitrogen and oxygen atoms in total. The lowest BCUT2D eigenvalue weighted by molar-refractivity contribution is 0.0507. The lowest BCUT2D eigenvalue weighted by Gasteiger charge is -2.30. The smallest absolute Gasteiger partial charge is 0.126 e. The summed E-state index contributed by atoms with van der Waals surface area (Å²) in [6, 6.07) is 16.0. The molecule has 1 N–H and O–H groups in total. The highest BCUT2D eigenvalue weighted by molar-refractivity contribution is 9.10. The second kappa shape index (κ2) is 5.35. The first-order valence-corrected chi connectivity index (χ1v) is 7.17. The van der Waals surface area contributed by atoms with Crippen LogP contribution in [0.1, 0.15) is 17.2 Å². The van der Waals surface area contributed by atoms with E-state index >= 15 is 0 Å². The first kappa shape index (κ1) is 12.7. The van der Waals surface area contributed by atoms with Crippen LogP contribution >= 0.6 is 15.9 Å². The van der Waals surface area contributed by atoms with E-state index in [4.69, 9.17) is 4.74 Å². The average molecular weight is 319 g/mol. The number of ether oxygens (including phenoxy) is 1. The molecule has 1 aliphatic heterocycles. The Morgan fingerprint density at radius 2 is 1.95 bits per heavy atom. The van der Waals surface area contributed by atoms with E-state index in [1.165, 1.54) is 5.56 Å². The van der Waals surface area contributed by atoms with E-state index in [0.29, 0.717) is 6.61 Å². The van der Waals surface area contributed by atoms with Crippen LogP contribution in [0.3, 0.4) is 0 Å². The highest BCUT2D eigenvalue weighted by atomic mass is 79.9. The Kier molecular flexibility index (Phi) is 3.58. The topological polar surface area (TPSA) is 29.5 Å². The third-order valence-corrected chi connectivity index (χ3v) is 4.03. The van der Waals surface area contributed by atoms with Crippen LogP contribution in [0.25, 0.3) is 0 Å². The molecule has 0 spiro atoms. The van der Waals surface area contributed by atoms with Crippen molar-refractivity contribution in [2.45, 2.75) is 12.5 Å². The average Bonchev–Trinajstić information content (AvgIpc) is 2.43. The zero-order valence-electron chi connectivity index (χ0n) is 10.4. The Morgan fingerprint density at radius 1 is 1.16 bits per heavy atom. The fourth-order valence-corrected chi connectivity index (χ4v) is 2.85. The molecule has 3 rings (SSSR count). The van der Waals surface area contributed by atoms with Crippen molar-refractivity contribution in [3.8, 4) is 5.75 Å². The zero-order chi connectivity index (χ0) is 13.2. The summed E-state index contributed by atoms with van der Waals surface area (Å²) in [4.78, 5) is 0. The lowest BCUT2D eigenvalue weighted by Crippen LogP contribution is -2.27. The van der Waals surface area contributed by atoms with Crippen LogP contribution < -0.4 is 4.74 Å². The van der Waals surface area contributed by atoms with Gasteiger partial charge in [-0.05, 0) is 24.1 Å². The van der Waals surface area contributed by atoms with Gasteiger partial charge in [0.1, 0.15) is 5.75 Å². The van der Waals surface area contributed by atoms with Crippen LogP contribution in [0, 0.1) is 5.92 Å². The number of benzene rings is 2. The fraction of sp³-hybridized carbons (Fsp3) is 0.250. The number of aliphatic hydroxyl groups excluding tert-OH is 1. The molecule has 2 aromatic rings. The summed E-state index contributed by atoms with van der Waals surface area (Å²) in [5.74, 6) is 0.891. The minimum Gasteiger partial charge on any atom is -0.493 e. The zero-order valence-corrected chi connectivity index (χ0v) is 12.0. The Morgan fingerprint density at radius 3 is 2.74 bits per heavy atom. The van der Waals surface area contributed by atoms with Gasteiger partial charge in [0.25, 0.3) is 0 Å². The van der Waals surface area contributed by atoms with Gasteiger partial charge in [-0.3, -0.25) is 0 Å². The molecule has 1 heterocycles. The molecule has 1 aliphatic rings. The van der Waals surface area contributed by atoms with Crippen molar-refractivity contribution in [3.05, 3.63) is 64.1 Å². The van der Waals surface area contributed by atoms with Crippen LogP contribution in [0.2, 0.25) is 0 Å². The Labute approximate surface area is 121 Å². The van der Waals surface area contributed by atoms with Crippen molar-refractivity contribution >= 4 is 15.9 Å². The third kappa shape index (κ3) is 2.67. The molecule has 0 radical (unpaired) electrons. The van der Waals surface area contributed by atoms with Gasteiger partial charge in [0, 0.05) is 16.0 Å². The minimum atomic E-state index is -0.461. The van der Waals surface area contributed by atoms with Gasteiger partial charge in [-0.15, -0.1) is 0 Å². The van der Waals surface area contributed by atoms with Gasteiger partial charge < -0.3 is 9.84 Å². The summed E-state index contributed by atoms with van der Waals surface area (Å²) in [5.41, 5.74) is 2.12. The molecule has 0 bridgehead atoms. The van der Waals surface area contributed by atoms with E-state index in [1.54, 1.807) is 0 Å². The SMILES string of the molecule is OC1c2ccc(Br)cc2OC[C@@H]1Cc1ccccc1. The molecule has 0 aliphatic carbocycles. The highest BCUT2D eigenvalue weighted by Gasteiger charge is 2.29. The van der Waals surface area contributed by atoms with E-state index in [1.807, 2.05) is 36.4 Å². The molecule has 3 heteroatoms. The molecule has 1 unspecified atom stereocenters. The summed E-state index contributed by atoms with van der Waals surface area (Å²) in [5, 5.41) is 10.5. The molecule has 2 atom stereocenters. The quantitative estimate of drug-likeness (QED) is 0.914. The van der Waals surface area contributed by atoms with Gasteiger partial charge in [-0.1, -0.05) is 52.3 Å². The summed E-state index contributed by atoms with van der Waals surface area (Å²) in [7, 11) is 0. The summed E-state index contributed by atoms with van der Waals surface area (Å²) < 4.78 is 6.74. The maximum Gasteiger partial charge on any atom is 0.126 e. The van der Waals surface area contributed by atoms with Crippen molar-refractivity contribution in [2.24, 2.45) is 5.92 Å². The Balaban J connectivity index is 1.82. The first-order chi connectivity index (χ1) is 9.24. The molecule has 0 saturated heterocycles. The summed E-state index contributed by atoms with van der Waals surface area (Å²) in [6.07, 6.45) is 0.370. The molecule has 0 saturated carbocycles. The van der Waals surface area contributed by atoms with Gasteiger partial charge in [-0.25, -0.2) is 0 Å². The summed E-state index contributed by atoms with van der Waals surface area (Å²) >= 11 is 3.42. The molecule has 19 heavy (non-hydrogen) atoms. The van der Waals surface area contributed by atoms with Crippen molar-refractivity contribution in [2.75, 3.05) is 6.61 Å². The van der Waals surface area contributed by atoms with E-state index in [9.17, 15) is 5.11 Å². The number of rotatable bonds is 2. The molecule has 0 fully saturated rings. The van der Waals surface area contributed by atoms with E-state index in [0.717, 1.165) is 22.2 Å². The third-order valence-electron chi connectivity index (χ3n) is 3.53. The number of halogens is 1. The predicted molar refractivity (Wildman–Crippen MR) is 78.2 cm³/mol. The molecule has 2 aromatic carbocycles. The van der Waals surface area contributed by atoms with E-state index in [2.05, 4.69) is 28.1 Å². The van der Waals surface area contributed by atoms with Crippen LogP contribution in [0.4, 0.5) is 0 Å². The lowest BCUT2D eigenvalue weighted by atomic mass is 9.88. The second-order valence-electron chi connectivity index (χ2n) is 4.89. The van der Waals surface area contributed by atoms with Crippen molar-refractivity contribution in [1.82, 2.24) is 0 Å². The predicted octanol–water partition coefficient (Wildman–Crippen LogP) is 3.73. The van der Waals surface area contributed by atoms with E-state index in [-0.39, 0.29) is 5.92 Å². The van der Waals surface area contributed by atoms with Crippen LogP contribution in [0.5, 0.6) is 5.75 Å². The molecule has 0 aromatic heterocycles. The monoisotopic (exact) mass is 318 g/mol. The maximum atomic E-state index is 10.5. The number of fused-ring (bicyclic) bond motifs is 1. The molecular formula is C16H15BrO2. The minimum absolute atomic E-state index is 0.107.